The van der Waals surface area contributed by atoms with Gasteiger partial charge >= 0.3 is 0 Å². The summed E-state index contributed by atoms with van der Waals surface area (Å²) in [5.74, 6) is -4.64. The number of halogens is 4. The Bertz CT molecular complexity index is 743. The van der Waals surface area contributed by atoms with Gasteiger partial charge in [0.15, 0.2) is 17.4 Å². The van der Waals surface area contributed by atoms with E-state index in [9.17, 15) is 22.4 Å². The van der Waals surface area contributed by atoms with Crippen LogP contribution in [0.5, 0.6) is 5.75 Å². The number of fused-ring (bicyclic) bond motifs is 1. The lowest BCUT2D eigenvalue weighted by molar-refractivity contribution is 0.0844. The normalized spacial score (nSPS) is 17.3. The monoisotopic (exact) mass is 296 g/mol. The fourth-order valence-corrected chi connectivity index (χ4v) is 2.26. The second-order valence-electron chi connectivity index (χ2n) is 4.66. The molecule has 0 saturated carbocycles. The van der Waals surface area contributed by atoms with Crippen molar-refractivity contribution in [1.29, 1.82) is 0 Å². The van der Waals surface area contributed by atoms with E-state index < -0.39 is 29.4 Å². The Morgan fingerprint density at radius 2 is 1.67 bits per heavy atom. The highest BCUT2D eigenvalue weighted by Gasteiger charge is 2.30. The molecule has 0 aromatic heterocycles. The maximum atomic E-state index is 13.7. The lowest BCUT2D eigenvalue weighted by Gasteiger charge is -2.25. The summed E-state index contributed by atoms with van der Waals surface area (Å²) in [6.07, 6.45) is -1.36. The maximum Gasteiger partial charge on any atom is 0.170 e. The topological polar surface area (TPSA) is 26.3 Å². The third-order valence-electron chi connectivity index (χ3n) is 3.27. The Hall–Kier alpha value is -2.37. The first kappa shape index (κ1) is 13.6. The number of ether oxygens (including phenoxy) is 1. The molecular formula is C15H8F4O2. The predicted octanol–water partition coefficient (Wildman–Crippen LogP) is 3.95. The molecule has 0 fully saturated rings. The number of carbonyl (C=O) groups excluding carboxylic acids is 1. The average molecular weight is 296 g/mol. The highest BCUT2D eigenvalue weighted by atomic mass is 19.2. The van der Waals surface area contributed by atoms with E-state index in [0.29, 0.717) is 12.1 Å². The molecule has 2 nitrogen and oxygen atoms in total. The van der Waals surface area contributed by atoms with Crippen molar-refractivity contribution in [3.8, 4) is 5.75 Å². The van der Waals surface area contributed by atoms with Gasteiger partial charge in [0, 0.05) is 17.7 Å². The quantitative estimate of drug-likeness (QED) is 0.588. The Kier molecular flexibility index (Phi) is 3.16. The predicted molar refractivity (Wildman–Crippen MR) is 65.0 cm³/mol. The number of rotatable bonds is 1. The number of Topliss-reactive ketones (excluding diaryl/α,β-unsaturated/α-hetero) is 1. The summed E-state index contributed by atoms with van der Waals surface area (Å²) in [7, 11) is 0. The van der Waals surface area contributed by atoms with Gasteiger partial charge in [-0.15, -0.1) is 0 Å². The molecule has 3 rings (SSSR count). The van der Waals surface area contributed by atoms with Gasteiger partial charge in [-0.1, -0.05) is 0 Å². The van der Waals surface area contributed by atoms with Crippen LogP contribution in [0.15, 0.2) is 30.3 Å². The van der Waals surface area contributed by atoms with Gasteiger partial charge in [0.25, 0.3) is 0 Å². The van der Waals surface area contributed by atoms with Gasteiger partial charge < -0.3 is 4.74 Å². The van der Waals surface area contributed by atoms with Crippen LogP contribution in [0, 0.1) is 23.3 Å². The van der Waals surface area contributed by atoms with E-state index >= 15 is 0 Å². The summed E-state index contributed by atoms with van der Waals surface area (Å²) in [6.45, 7) is 0. The van der Waals surface area contributed by atoms with E-state index in [0.717, 1.165) is 12.1 Å². The number of hydrogen-bond acceptors (Lipinski definition) is 2. The second kappa shape index (κ2) is 4.87. The van der Waals surface area contributed by atoms with Crippen molar-refractivity contribution in [2.75, 3.05) is 0 Å². The highest BCUT2D eigenvalue weighted by molar-refractivity contribution is 6.00. The molecule has 1 atom stereocenters. The SMILES string of the molecule is O=C1CC(c2cc(F)c(F)cc2F)Oc2cc(F)ccc21. The molecule has 0 amide bonds. The van der Waals surface area contributed by atoms with E-state index in [4.69, 9.17) is 4.74 Å². The number of carbonyl (C=O) groups is 1. The molecule has 1 aliphatic rings. The number of ketones is 1. The zero-order valence-electron chi connectivity index (χ0n) is 10.5. The van der Waals surface area contributed by atoms with Gasteiger partial charge in [-0.05, 0) is 18.2 Å². The van der Waals surface area contributed by atoms with Crippen molar-refractivity contribution in [3.05, 3.63) is 64.7 Å². The summed E-state index contributed by atoms with van der Waals surface area (Å²) in [4.78, 5) is 12.0. The minimum Gasteiger partial charge on any atom is -0.484 e. The summed E-state index contributed by atoms with van der Waals surface area (Å²) in [5.41, 5.74) is -0.104. The largest absolute Gasteiger partial charge is 0.484 e. The van der Waals surface area contributed by atoms with E-state index in [1.807, 2.05) is 0 Å². The summed E-state index contributed by atoms with van der Waals surface area (Å²) in [5, 5.41) is 0. The van der Waals surface area contributed by atoms with Crippen molar-refractivity contribution >= 4 is 5.78 Å². The Morgan fingerprint density at radius 1 is 0.952 bits per heavy atom. The summed E-state index contributed by atoms with van der Waals surface area (Å²) >= 11 is 0. The van der Waals surface area contributed by atoms with Crippen molar-refractivity contribution in [1.82, 2.24) is 0 Å². The lowest BCUT2D eigenvalue weighted by Crippen LogP contribution is -2.21. The van der Waals surface area contributed by atoms with Crippen molar-refractivity contribution in [3.63, 3.8) is 0 Å². The average Bonchev–Trinajstić information content (AvgIpc) is 2.42. The highest BCUT2D eigenvalue weighted by Crippen LogP contribution is 2.36. The van der Waals surface area contributed by atoms with E-state index in [-0.39, 0.29) is 29.1 Å². The van der Waals surface area contributed by atoms with Gasteiger partial charge in [-0.2, -0.15) is 0 Å². The van der Waals surface area contributed by atoms with Crippen LogP contribution in [0.3, 0.4) is 0 Å². The van der Waals surface area contributed by atoms with Gasteiger partial charge in [-0.25, -0.2) is 17.6 Å². The first-order valence-corrected chi connectivity index (χ1v) is 6.09. The van der Waals surface area contributed by atoms with Crippen LogP contribution in [0.2, 0.25) is 0 Å². The van der Waals surface area contributed by atoms with Gasteiger partial charge in [0.05, 0.1) is 12.0 Å². The van der Waals surface area contributed by atoms with Crippen LogP contribution in [-0.2, 0) is 0 Å². The molecule has 0 radical (unpaired) electrons. The van der Waals surface area contributed by atoms with Gasteiger partial charge in [0.1, 0.15) is 23.5 Å². The maximum absolute atomic E-state index is 13.7. The van der Waals surface area contributed by atoms with Crippen LogP contribution in [0.1, 0.15) is 28.4 Å². The standard InChI is InChI=1S/C15H8F4O2/c16-7-1-2-8-13(20)6-15(21-14(8)3-7)9-4-11(18)12(19)5-10(9)17/h1-5,15H,6H2. The lowest BCUT2D eigenvalue weighted by atomic mass is 9.96. The first-order chi connectivity index (χ1) is 9.95. The summed E-state index contributed by atoms with van der Waals surface area (Å²) in [6, 6.07) is 4.41. The molecular weight excluding hydrogens is 288 g/mol. The van der Waals surface area contributed by atoms with Crippen LogP contribution in [0.25, 0.3) is 0 Å². The van der Waals surface area contributed by atoms with Crippen molar-refractivity contribution in [2.24, 2.45) is 0 Å². The van der Waals surface area contributed by atoms with Crippen molar-refractivity contribution < 1.29 is 27.1 Å². The van der Waals surface area contributed by atoms with Crippen LogP contribution in [-0.4, -0.2) is 5.78 Å². The minimum absolute atomic E-state index is 0.0413. The number of benzene rings is 2. The summed E-state index contributed by atoms with van der Waals surface area (Å²) < 4.78 is 58.4. The molecule has 2 aromatic rings. The first-order valence-electron chi connectivity index (χ1n) is 6.09. The van der Waals surface area contributed by atoms with E-state index in [1.54, 1.807) is 0 Å². The van der Waals surface area contributed by atoms with Crippen LogP contribution in [0.4, 0.5) is 17.6 Å². The molecule has 2 aromatic carbocycles. The molecule has 21 heavy (non-hydrogen) atoms. The molecule has 1 unspecified atom stereocenters. The van der Waals surface area contributed by atoms with E-state index in [2.05, 4.69) is 0 Å². The molecule has 0 aliphatic carbocycles. The molecule has 0 spiro atoms. The molecule has 0 saturated heterocycles. The molecule has 0 bridgehead atoms. The number of hydrogen-bond donors (Lipinski definition) is 0. The van der Waals surface area contributed by atoms with Gasteiger partial charge in [-0.3, -0.25) is 4.79 Å². The third-order valence-corrected chi connectivity index (χ3v) is 3.27. The van der Waals surface area contributed by atoms with Gasteiger partial charge in [0.2, 0.25) is 0 Å². The molecule has 1 aliphatic heterocycles. The molecule has 6 heteroatoms. The molecule has 0 N–H and O–H groups in total. The van der Waals surface area contributed by atoms with Crippen molar-refractivity contribution in [2.45, 2.75) is 12.5 Å². The van der Waals surface area contributed by atoms with E-state index in [1.165, 1.54) is 6.07 Å². The zero-order chi connectivity index (χ0) is 15.1. The Morgan fingerprint density at radius 3 is 2.43 bits per heavy atom. The second-order valence-corrected chi connectivity index (χ2v) is 4.66. The Labute approximate surface area is 117 Å². The van der Waals surface area contributed by atoms with Crippen LogP contribution < -0.4 is 4.74 Å². The van der Waals surface area contributed by atoms with Crippen LogP contribution >= 0.6 is 0 Å². The zero-order valence-corrected chi connectivity index (χ0v) is 10.5. The molecule has 1 heterocycles. The fourth-order valence-electron chi connectivity index (χ4n) is 2.26. The smallest absolute Gasteiger partial charge is 0.170 e. The minimum atomic E-state index is -1.33. The fraction of sp³-hybridized carbons (Fsp3) is 0.133. The molecule has 108 valence electrons. The Balaban J connectivity index is 2.03. The third kappa shape index (κ3) is 2.37.